The number of ether oxygens (including phenoxy) is 1. The predicted molar refractivity (Wildman–Crippen MR) is 129 cm³/mol. The number of nitrogens with one attached hydrogen (secondary N) is 2. The van der Waals surface area contributed by atoms with E-state index in [1.165, 1.54) is 23.1 Å². The summed E-state index contributed by atoms with van der Waals surface area (Å²) in [5, 5.41) is 15.3. The van der Waals surface area contributed by atoms with Gasteiger partial charge in [-0.1, -0.05) is 35.2 Å². The van der Waals surface area contributed by atoms with Gasteiger partial charge >= 0.3 is 0 Å². The monoisotopic (exact) mass is 482 g/mol. The minimum atomic E-state index is -0.372. The number of nitrogens with zero attached hydrogens (tertiary/aromatic N) is 4. The number of hydrogen-bond donors (Lipinski definition) is 2. The minimum Gasteiger partial charge on any atom is -0.497 e. The highest BCUT2D eigenvalue weighted by atomic mass is 32.2. The number of para-hydroxylation sites is 1. The molecule has 1 atom stereocenters. The second kappa shape index (κ2) is 10.0. The number of carbonyl (C=O) groups is 2. The van der Waals surface area contributed by atoms with E-state index in [-0.39, 0.29) is 23.6 Å². The molecule has 0 unspecified atom stereocenters. The summed E-state index contributed by atoms with van der Waals surface area (Å²) in [7, 11) is 3.38. The molecule has 0 spiro atoms. The van der Waals surface area contributed by atoms with E-state index in [4.69, 9.17) is 4.74 Å². The van der Waals surface area contributed by atoms with Gasteiger partial charge in [0.25, 0.3) is 5.91 Å². The van der Waals surface area contributed by atoms with Crippen LogP contribution >= 0.6 is 23.1 Å². The molecule has 4 aromatic rings. The Morgan fingerprint density at radius 1 is 1.15 bits per heavy atom. The Bertz CT molecular complexity index is 1250. The van der Waals surface area contributed by atoms with E-state index < -0.39 is 0 Å². The fourth-order valence-corrected chi connectivity index (χ4v) is 4.73. The van der Waals surface area contributed by atoms with Gasteiger partial charge in [-0.25, -0.2) is 4.98 Å². The van der Waals surface area contributed by atoms with Crippen LogP contribution in [0.25, 0.3) is 10.2 Å². The lowest BCUT2D eigenvalue weighted by molar-refractivity contribution is -0.113. The fourth-order valence-electron chi connectivity index (χ4n) is 3.13. The Labute approximate surface area is 198 Å². The first-order valence-corrected chi connectivity index (χ1v) is 11.9. The molecule has 0 aliphatic carbocycles. The lowest BCUT2D eigenvalue weighted by Gasteiger charge is -2.14. The van der Waals surface area contributed by atoms with Crippen molar-refractivity contribution < 1.29 is 14.3 Å². The van der Waals surface area contributed by atoms with Gasteiger partial charge in [0.15, 0.2) is 16.1 Å². The van der Waals surface area contributed by atoms with Crippen molar-refractivity contribution >= 4 is 50.3 Å². The first kappa shape index (κ1) is 22.7. The zero-order valence-electron chi connectivity index (χ0n) is 18.2. The quantitative estimate of drug-likeness (QED) is 0.369. The maximum absolute atomic E-state index is 12.5. The number of rotatable bonds is 8. The van der Waals surface area contributed by atoms with Crippen molar-refractivity contribution in [2.45, 2.75) is 18.1 Å². The molecule has 0 fully saturated rings. The number of thiazole rings is 1. The Morgan fingerprint density at radius 3 is 2.64 bits per heavy atom. The van der Waals surface area contributed by atoms with E-state index in [0.29, 0.717) is 27.4 Å². The molecule has 0 aliphatic heterocycles. The van der Waals surface area contributed by atoms with E-state index in [1.807, 2.05) is 31.2 Å². The van der Waals surface area contributed by atoms with Crippen molar-refractivity contribution in [2.75, 3.05) is 18.2 Å². The van der Waals surface area contributed by atoms with Gasteiger partial charge in [0.1, 0.15) is 5.75 Å². The molecule has 170 valence electrons. The van der Waals surface area contributed by atoms with Crippen molar-refractivity contribution in [1.82, 2.24) is 25.1 Å². The van der Waals surface area contributed by atoms with E-state index in [2.05, 4.69) is 25.8 Å². The molecule has 2 aromatic carbocycles. The topological polar surface area (TPSA) is 111 Å². The Hall–Kier alpha value is -3.44. The highest BCUT2D eigenvalue weighted by Gasteiger charge is 2.19. The van der Waals surface area contributed by atoms with Crippen LogP contribution in [0.1, 0.15) is 29.1 Å². The summed E-state index contributed by atoms with van der Waals surface area (Å²) < 4.78 is 7.91. The number of aromatic nitrogens is 4. The highest BCUT2D eigenvalue weighted by Crippen LogP contribution is 2.26. The summed E-state index contributed by atoms with van der Waals surface area (Å²) in [6, 6.07) is 14.2. The van der Waals surface area contributed by atoms with Crippen LogP contribution in [0.4, 0.5) is 5.13 Å². The molecule has 2 amide bonds. The molecule has 2 aromatic heterocycles. The fraction of sp³-hybridized carbons (Fsp3) is 0.227. The van der Waals surface area contributed by atoms with Crippen LogP contribution in [0.3, 0.4) is 0 Å². The van der Waals surface area contributed by atoms with Gasteiger partial charge in [-0.3, -0.25) is 9.59 Å². The molecule has 4 rings (SSSR count). The van der Waals surface area contributed by atoms with Crippen LogP contribution < -0.4 is 15.4 Å². The lowest BCUT2D eigenvalue weighted by atomic mass is 10.2. The van der Waals surface area contributed by atoms with Gasteiger partial charge in [-0.15, -0.1) is 10.2 Å². The average Bonchev–Trinajstić information content (AvgIpc) is 3.40. The van der Waals surface area contributed by atoms with Crippen molar-refractivity contribution in [3.63, 3.8) is 0 Å². The van der Waals surface area contributed by atoms with Crippen molar-refractivity contribution in [2.24, 2.45) is 7.05 Å². The van der Waals surface area contributed by atoms with E-state index >= 15 is 0 Å². The normalized spacial score (nSPS) is 11.8. The van der Waals surface area contributed by atoms with E-state index in [0.717, 1.165) is 10.2 Å². The molecule has 0 aliphatic rings. The SMILES string of the molecule is COc1ccc(C(=O)N[C@H](C)c2nnc(SCC(=O)Nc3nc4ccccc4s3)n2C)cc1. The van der Waals surface area contributed by atoms with Crippen LogP contribution in [-0.4, -0.2) is 44.4 Å². The van der Waals surface area contributed by atoms with E-state index in [1.54, 1.807) is 43.0 Å². The number of fused-ring (bicyclic) bond motifs is 1. The molecule has 9 nitrogen and oxygen atoms in total. The highest BCUT2D eigenvalue weighted by molar-refractivity contribution is 7.99. The number of thioether (sulfide) groups is 1. The van der Waals surface area contributed by atoms with Crippen molar-refractivity contribution in [3.8, 4) is 5.75 Å². The van der Waals surface area contributed by atoms with Gasteiger partial charge in [0, 0.05) is 12.6 Å². The van der Waals surface area contributed by atoms with Gasteiger partial charge in [-0.2, -0.15) is 0 Å². The first-order valence-electron chi connectivity index (χ1n) is 10.1. The second-order valence-corrected chi connectivity index (χ2v) is 9.12. The maximum Gasteiger partial charge on any atom is 0.251 e. The number of carbonyl (C=O) groups excluding carboxylic acids is 2. The Morgan fingerprint density at radius 2 is 1.91 bits per heavy atom. The van der Waals surface area contributed by atoms with Crippen molar-refractivity contribution in [1.29, 1.82) is 0 Å². The van der Waals surface area contributed by atoms with Crippen LogP contribution in [0.2, 0.25) is 0 Å². The lowest BCUT2D eigenvalue weighted by Crippen LogP contribution is -2.28. The zero-order chi connectivity index (χ0) is 23.4. The molecule has 33 heavy (non-hydrogen) atoms. The number of benzene rings is 2. The molecular formula is C22H22N6O3S2. The number of amides is 2. The molecule has 0 radical (unpaired) electrons. The number of hydrogen-bond acceptors (Lipinski definition) is 8. The van der Waals surface area contributed by atoms with Crippen LogP contribution in [-0.2, 0) is 11.8 Å². The van der Waals surface area contributed by atoms with Gasteiger partial charge < -0.3 is 19.9 Å². The second-order valence-electron chi connectivity index (χ2n) is 7.15. The van der Waals surface area contributed by atoms with Gasteiger partial charge in [-0.05, 0) is 43.3 Å². The van der Waals surface area contributed by atoms with E-state index in [9.17, 15) is 9.59 Å². The molecule has 0 saturated heterocycles. The summed E-state index contributed by atoms with van der Waals surface area (Å²) in [5.74, 6) is 1.03. The number of anilines is 1. The summed E-state index contributed by atoms with van der Waals surface area (Å²) in [6.07, 6.45) is 0. The third-order valence-corrected chi connectivity index (χ3v) is 6.80. The van der Waals surface area contributed by atoms with Gasteiger partial charge in [0.05, 0.1) is 29.1 Å². The summed E-state index contributed by atoms with van der Waals surface area (Å²) >= 11 is 2.70. The van der Waals surface area contributed by atoms with Gasteiger partial charge in [0.2, 0.25) is 5.91 Å². The first-order chi connectivity index (χ1) is 15.9. The summed E-state index contributed by atoms with van der Waals surface area (Å²) in [6.45, 7) is 1.83. The third kappa shape index (κ3) is 5.32. The Kier molecular flexibility index (Phi) is 6.90. The van der Waals surface area contributed by atoms with Crippen LogP contribution in [0.15, 0.2) is 53.7 Å². The minimum absolute atomic E-state index is 0.161. The largest absolute Gasteiger partial charge is 0.497 e. The molecular weight excluding hydrogens is 460 g/mol. The van der Waals surface area contributed by atoms with Crippen LogP contribution in [0, 0.1) is 0 Å². The summed E-state index contributed by atoms with van der Waals surface area (Å²) in [4.78, 5) is 29.3. The third-order valence-electron chi connectivity index (χ3n) is 4.83. The zero-order valence-corrected chi connectivity index (χ0v) is 19.9. The molecule has 0 saturated carbocycles. The molecule has 2 N–H and O–H groups in total. The predicted octanol–water partition coefficient (Wildman–Crippen LogP) is 3.66. The molecule has 0 bridgehead atoms. The number of methoxy groups -OCH3 is 1. The average molecular weight is 483 g/mol. The maximum atomic E-state index is 12.5. The van der Waals surface area contributed by atoms with Crippen molar-refractivity contribution in [3.05, 3.63) is 59.9 Å². The summed E-state index contributed by atoms with van der Waals surface area (Å²) in [5.41, 5.74) is 1.38. The smallest absolute Gasteiger partial charge is 0.251 e. The van der Waals surface area contributed by atoms with Crippen LogP contribution in [0.5, 0.6) is 5.75 Å². The molecule has 11 heteroatoms. The standard InChI is InChI=1S/C22H22N6O3S2/c1-13(23-20(30)14-8-10-15(31-3)11-9-14)19-26-27-22(28(19)2)32-12-18(29)25-21-24-16-6-4-5-7-17(16)33-21/h4-11,13H,12H2,1-3H3,(H,23,30)(H,24,25,29)/t13-/m1/s1. The Balaban J connectivity index is 1.33. The molecule has 2 heterocycles.